The van der Waals surface area contributed by atoms with Crippen molar-refractivity contribution in [1.82, 2.24) is 5.48 Å². The van der Waals surface area contributed by atoms with Crippen LogP contribution in [0.15, 0.2) is 60.7 Å². The number of nitrogens with one attached hydrogen (secondary N) is 2. The van der Waals surface area contributed by atoms with E-state index in [9.17, 15) is 14.7 Å². The highest BCUT2D eigenvalue weighted by Gasteiger charge is 2.24. The Balaban J connectivity index is 2.14. The second kappa shape index (κ2) is 11.5. The molecular weight excluding hydrogens is 388 g/mol. The molecule has 0 saturated heterocycles. The van der Waals surface area contributed by atoms with Gasteiger partial charge in [0, 0.05) is 11.8 Å². The molecule has 2 rings (SSSR count). The minimum atomic E-state index is -0.648. The fraction of sp³-hybridized carbons (Fsp3) is 0.273. The van der Waals surface area contributed by atoms with Crippen LogP contribution in [-0.2, 0) is 9.53 Å². The van der Waals surface area contributed by atoms with Gasteiger partial charge in [-0.3, -0.25) is 15.3 Å². The maximum Gasteiger partial charge on any atom is 0.412 e. The molecule has 30 heavy (non-hydrogen) atoms. The SMILES string of the molecule is COc1ccc([C@H](OC(=O)Nc2ccccc2)[C@@H](C)CC/C=C/C(=O)NO)cc1O. The van der Waals surface area contributed by atoms with E-state index in [0.717, 1.165) is 0 Å². The van der Waals surface area contributed by atoms with Crippen molar-refractivity contribution in [2.24, 2.45) is 5.92 Å². The van der Waals surface area contributed by atoms with Gasteiger partial charge in [0.15, 0.2) is 11.5 Å². The summed E-state index contributed by atoms with van der Waals surface area (Å²) < 4.78 is 10.8. The van der Waals surface area contributed by atoms with E-state index in [1.165, 1.54) is 24.7 Å². The molecule has 0 spiro atoms. The Bertz CT molecular complexity index is 869. The first-order valence-corrected chi connectivity index (χ1v) is 9.44. The van der Waals surface area contributed by atoms with Crippen LogP contribution >= 0.6 is 0 Å². The van der Waals surface area contributed by atoms with Gasteiger partial charge < -0.3 is 14.6 Å². The molecule has 0 unspecified atom stereocenters. The van der Waals surface area contributed by atoms with E-state index >= 15 is 0 Å². The number of para-hydroxylation sites is 1. The van der Waals surface area contributed by atoms with Crippen LogP contribution in [-0.4, -0.2) is 29.4 Å². The van der Waals surface area contributed by atoms with E-state index in [-0.39, 0.29) is 11.7 Å². The molecule has 8 nitrogen and oxygen atoms in total. The second-order valence-electron chi connectivity index (χ2n) is 6.68. The number of hydrogen-bond donors (Lipinski definition) is 4. The molecule has 2 amide bonds. The van der Waals surface area contributed by atoms with E-state index in [1.54, 1.807) is 42.5 Å². The number of benzene rings is 2. The van der Waals surface area contributed by atoms with Crippen LogP contribution in [0, 0.1) is 5.92 Å². The molecule has 0 bridgehead atoms. The van der Waals surface area contributed by atoms with Crippen LogP contribution in [0.5, 0.6) is 11.5 Å². The van der Waals surface area contributed by atoms with E-state index in [1.807, 2.05) is 13.0 Å². The molecule has 0 saturated carbocycles. The Kier molecular flexibility index (Phi) is 8.71. The maximum atomic E-state index is 12.5. The number of amides is 2. The van der Waals surface area contributed by atoms with Gasteiger partial charge in [0.05, 0.1) is 7.11 Å². The van der Waals surface area contributed by atoms with Crippen molar-refractivity contribution in [1.29, 1.82) is 0 Å². The Morgan fingerprint density at radius 2 is 1.90 bits per heavy atom. The molecule has 160 valence electrons. The zero-order valence-corrected chi connectivity index (χ0v) is 16.9. The van der Waals surface area contributed by atoms with Crippen molar-refractivity contribution in [3.05, 3.63) is 66.2 Å². The van der Waals surface area contributed by atoms with Crippen LogP contribution in [0.3, 0.4) is 0 Å². The Hall–Kier alpha value is -3.52. The molecule has 8 heteroatoms. The van der Waals surface area contributed by atoms with Crippen molar-refractivity contribution >= 4 is 17.7 Å². The lowest BCUT2D eigenvalue weighted by atomic mass is 9.92. The zero-order chi connectivity index (χ0) is 21.9. The number of aromatic hydroxyl groups is 1. The molecule has 4 N–H and O–H groups in total. The minimum Gasteiger partial charge on any atom is -0.504 e. The Morgan fingerprint density at radius 1 is 1.17 bits per heavy atom. The number of phenolic OH excluding ortho intramolecular Hbond substituents is 1. The topological polar surface area (TPSA) is 117 Å². The van der Waals surface area contributed by atoms with Gasteiger partial charge in [0.2, 0.25) is 0 Å². The molecule has 0 aliphatic carbocycles. The number of hydroxylamine groups is 1. The van der Waals surface area contributed by atoms with Crippen LogP contribution in [0.2, 0.25) is 0 Å². The molecule has 2 atom stereocenters. The lowest BCUT2D eigenvalue weighted by Crippen LogP contribution is -2.22. The highest BCUT2D eigenvalue weighted by atomic mass is 16.6. The van der Waals surface area contributed by atoms with Gasteiger partial charge in [-0.05, 0) is 48.6 Å². The summed E-state index contributed by atoms with van der Waals surface area (Å²) >= 11 is 0. The second-order valence-corrected chi connectivity index (χ2v) is 6.68. The van der Waals surface area contributed by atoms with Gasteiger partial charge in [-0.1, -0.05) is 37.3 Å². The summed E-state index contributed by atoms with van der Waals surface area (Å²) in [6.45, 7) is 1.90. The molecule has 2 aromatic rings. The largest absolute Gasteiger partial charge is 0.504 e. The number of methoxy groups -OCH3 is 1. The monoisotopic (exact) mass is 414 g/mol. The van der Waals surface area contributed by atoms with Crippen molar-refractivity contribution in [2.75, 3.05) is 12.4 Å². The number of anilines is 1. The molecule has 0 aliphatic heterocycles. The number of ether oxygens (including phenoxy) is 2. The average Bonchev–Trinajstić information content (AvgIpc) is 2.75. The van der Waals surface area contributed by atoms with Crippen molar-refractivity contribution < 1.29 is 29.4 Å². The summed E-state index contributed by atoms with van der Waals surface area (Å²) in [5, 5.41) is 21.3. The summed E-state index contributed by atoms with van der Waals surface area (Å²) in [5.41, 5.74) is 2.74. The van der Waals surface area contributed by atoms with Gasteiger partial charge in [-0.25, -0.2) is 10.3 Å². The summed E-state index contributed by atoms with van der Waals surface area (Å²) in [5.74, 6) is -0.491. The highest BCUT2D eigenvalue weighted by Crippen LogP contribution is 2.35. The van der Waals surface area contributed by atoms with Crippen LogP contribution in [0.4, 0.5) is 10.5 Å². The number of carbonyl (C=O) groups excluding carboxylic acids is 2. The number of allylic oxidation sites excluding steroid dienone is 1. The molecule has 0 aromatic heterocycles. The summed E-state index contributed by atoms with van der Waals surface area (Å²) in [4.78, 5) is 23.5. The third-order valence-electron chi connectivity index (χ3n) is 4.47. The van der Waals surface area contributed by atoms with Gasteiger partial charge in [-0.2, -0.15) is 0 Å². The number of phenols is 1. The molecule has 0 aliphatic rings. The lowest BCUT2D eigenvalue weighted by Gasteiger charge is -2.25. The fourth-order valence-electron chi connectivity index (χ4n) is 2.92. The molecule has 0 heterocycles. The van der Waals surface area contributed by atoms with Crippen LogP contribution < -0.4 is 15.5 Å². The summed E-state index contributed by atoms with van der Waals surface area (Å²) in [6, 6.07) is 13.8. The van der Waals surface area contributed by atoms with E-state index in [2.05, 4.69) is 5.32 Å². The summed E-state index contributed by atoms with van der Waals surface area (Å²) in [7, 11) is 1.45. The lowest BCUT2D eigenvalue weighted by molar-refractivity contribution is -0.124. The maximum absolute atomic E-state index is 12.5. The van der Waals surface area contributed by atoms with Crippen LogP contribution in [0.25, 0.3) is 0 Å². The average molecular weight is 414 g/mol. The van der Waals surface area contributed by atoms with Gasteiger partial charge in [0.1, 0.15) is 6.10 Å². The van der Waals surface area contributed by atoms with Gasteiger partial charge >= 0.3 is 6.09 Å². The first kappa shape index (κ1) is 22.8. The Labute approximate surface area is 175 Å². The predicted molar refractivity (Wildman–Crippen MR) is 111 cm³/mol. The first-order chi connectivity index (χ1) is 14.4. The smallest absolute Gasteiger partial charge is 0.412 e. The number of hydrogen-bond acceptors (Lipinski definition) is 6. The minimum absolute atomic E-state index is 0.0567. The Morgan fingerprint density at radius 3 is 2.53 bits per heavy atom. The standard InChI is InChI=1S/C22H26N2O6/c1-15(8-6-7-11-20(26)24-28)21(16-12-13-19(29-2)18(25)14-16)30-22(27)23-17-9-4-3-5-10-17/h3-5,7,9-15,21,25,28H,6,8H2,1-2H3,(H,23,27)(H,24,26)/b11-7+/t15-,21+/m0/s1. The first-order valence-electron chi connectivity index (χ1n) is 9.44. The molecule has 0 radical (unpaired) electrons. The van der Waals surface area contributed by atoms with Crippen LogP contribution in [0.1, 0.15) is 31.4 Å². The third-order valence-corrected chi connectivity index (χ3v) is 4.47. The van der Waals surface area contributed by atoms with Gasteiger partial charge in [0.25, 0.3) is 5.91 Å². The highest BCUT2D eigenvalue weighted by molar-refractivity contribution is 5.86. The van der Waals surface area contributed by atoms with Gasteiger partial charge in [-0.15, -0.1) is 0 Å². The zero-order valence-electron chi connectivity index (χ0n) is 16.9. The van der Waals surface area contributed by atoms with E-state index in [4.69, 9.17) is 14.7 Å². The third kappa shape index (κ3) is 6.82. The summed E-state index contributed by atoms with van der Waals surface area (Å²) in [6.07, 6.45) is 2.69. The quantitative estimate of drug-likeness (QED) is 0.278. The fourth-order valence-corrected chi connectivity index (χ4v) is 2.92. The van der Waals surface area contributed by atoms with Crippen molar-refractivity contribution in [3.8, 4) is 11.5 Å². The predicted octanol–water partition coefficient (Wildman–Crippen LogP) is 4.17. The number of rotatable bonds is 9. The van der Waals surface area contributed by atoms with Crippen molar-refractivity contribution in [3.63, 3.8) is 0 Å². The van der Waals surface area contributed by atoms with Crippen molar-refractivity contribution in [2.45, 2.75) is 25.9 Å². The number of carbonyl (C=O) groups is 2. The van der Waals surface area contributed by atoms with E-state index in [0.29, 0.717) is 29.8 Å². The van der Waals surface area contributed by atoms with E-state index < -0.39 is 18.1 Å². The molecular formula is C22H26N2O6. The molecule has 2 aromatic carbocycles. The normalized spacial score (nSPS) is 12.8. The molecule has 0 fully saturated rings.